The van der Waals surface area contributed by atoms with Crippen LogP contribution in [-0.4, -0.2) is 68.4 Å². The molecule has 0 saturated carbocycles. The predicted molar refractivity (Wildman–Crippen MR) is 124 cm³/mol. The second-order valence-corrected chi connectivity index (χ2v) is 8.63. The summed E-state index contributed by atoms with van der Waals surface area (Å²) in [7, 11) is 1.56. The Kier molecular flexibility index (Phi) is 5.59. The molecule has 1 amide bonds. The number of methoxy groups -OCH3 is 1. The van der Waals surface area contributed by atoms with Gasteiger partial charge in [0.15, 0.2) is 0 Å². The van der Waals surface area contributed by atoms with E-state index >= 15 is 0 Å². The molecular weight excluding hydrogens is 422 g/mol. The van der Waals surface area contributed by atoms with Crippen molar-refractivity contribution in [2.24, 2.45) is 5.92 Å². The van der Waals surface area contributed by atoms with Gasteiger partial charge in [0.2, 0.25) is 11.8 Å². The van der Waals surface area contributed by atoms with Crippen LogP contribution in [0.15, 0.2) is 30.5 Å². The van der Waals surface area contributed by atoms with Crippen LogP contribution in [0, 0.1) is 12.8 Å². The van der Waals surface area contributed by atoms with Gasteiger partial charge in [-0.2, -0.15) is 0 Å². The third-order valence-electron chi connectivity index (χ3n) is 6.42. The van der Waals surface area contributed by atoms with Gasteiger partial charge < -0.3 is 28.7 Å². The molecule has 0 spiro atoms. The summed E-state index contributed by atoms with van der Waals surface area (Å²) in [5.74, 6) is 1.92. The maximum atomic E-state index is 12.9. The van der Waals surface area contributed by atoms with Crippen LogP contribution in [-0.2, 0) is 9.53 Å². The summed E-state index contributed by atoms with van der Waals surface area (Å²) in [5.41, 5.74) is 1.98. The first kappa shape index (κ1) is 19.5. The lowest BCUT2D eigenvalue weighted by Crippen LogP contribution is -2.38. The van der Waals surface area contributed by atoms with E-state index in [2.05, 4.69) is 4.98 Å². The lowest BCUT2D eigenvalue weighted by Gasteiger charge is -2.32. The lowest BCUT2D eigenvalue weighted by molar-refractivity contribution is -0.137. The molecule has 1 unspecified atom stereocenters. The van der Waals surface area contributed by atoms with Gasteiger partial charge in [-0.25, -0.2) is 4.98 Å². The minimum Gasteiger partial charge on any atom is -0.490 e. The monoisotopic (exact) mass is 455 g/mol. The summed E-state index contributed by atoms with van der Waals surface area (Å²) in [6.07, 6.45) is 3.81. The van der Waals surface area contributed by atoms with Crippen molar-refractivity contribution in [3.05, 3.63) is 36.0 Å². The van der Waals surface area contributed by atoms with Gasteiger partial charge in [-0.15, -0.1) is 0 Å². The molecule has 176 valence electrons. The van der Waals surface area contributed by atoms with Crippen molar-refractivity contribution in [3.63, 3.8) is 0 Å². The molecule has 0 N–H and O–H groups in total. The Labute approximate surface area is 197 Å². The van der Waals surface area contributed by atoms with Gasteiger partial charge in [0, 0.05) is 43.7 Å². The van der Waals surface area contributed by atoms with Crippen LogP contribution in [0.2, 0.25) is 0 Å². The molecule has 5 rings (SSSR count). The van der Waals surface area contributed by atoms with E-state index in [1.165, 1.54) is 0 Å². The Balaban J connectivity index is 1.34. The molecule has 0 bridgehead atoms. The van der Waals surface area contributed by atoms with Crippen molar-refractivity contribution in [1.29, 1.82) is 0 Å². The first-order valence-corrected chi connectivity index (χ1v) is 11.5. The predicted octanol–water partition coefficient (Wildman–Crippen LogP) is 3.34. The maximum absolute atomic E-state index is 12.9. The molecule has 2 saturated heterocycles. The molecule has 0 radical (unpaired) electrons. The van der Waals surface area contributed by atoms with Gasteiger partial charge in [-0.05, 0) is 38.0 Å². The molecule has 2 fully saturated rings. The highest BCUT2D eigenvalue weighted by molar-refractivity contribution is 5.79. The maximum Gasteiger partial charge on any atom is 0.225 e. The van der Waals surface area contributed by atoms with Crippen LogP contribution in [0.4, 0.5) is 11.4 Å². The molecule has 1 atom stereocenters. The molecule has 33 heavy (non-hydrogen) atoms. The third-order valence-corrected chi connectivity index (χ3v) is 6.42. The molecule has 4 heterocycles. The Bertz CT molecular complexity index is 1090. The van der Waals surface area contributed by atoms with Crippen LogP contribution in [0.5, 0.6) is 17.4 Å². The average Bonchev–Trinajstić information content (AvgIpc) is 3.32. The minimum absolute atomic E-state index is 0.0424. The number of rotatable bonds is 5. The molecule has 8 nitrogen and oxygen atoms in total. The zero-order valence-corrected chi connectivity index (χ0v) is 19.1. The number of pyridine rings is 1. The molecule has 1 aromatic heterocycles. The van der Waals surface area contributed by atoms with E-state index in [1.807, 2.05) is 24.0 Å². The van der Waals surface area contributed by atoms with Crippen molar-refractivity contribution < 1.29 is 26.5 Å². The quantitative estimate of drug-likeness (QED) is 0.685. The topological polar surface area (TPSA) is 73.4 Å². The number of nitrogens with zero attached hydrogens (tertiary/aromatic N) is 3. The van der Waals surface area contributed by atoms with E-state index in [-0.39, 0.29) is 24.5 Å². The Morgan fingerprint density at radius 1 is 1.21 bits per heavy atom. The zero-order chi connectivity index (χ0) is 24.6. The molecule has 1 aromatic carbocycles. The molecule has 3 aliphatic heterocycles. The van der Waals surface area contributed by atoms with E-state index in [9.17, 15) is 4.79 Å². The number of benzene rings is 1. The van der Waals surface area contributed by atoms with Crippen LogP contribution >= 0.6 is 0 Å². The van der Waals surface area contributed by atoms with Gasteiger partial charge in [0.25, 0.3) is 0 Å². The summed E-state index contributed by atoms with van der Waals surface area (Å²) in [5, 5.41) is 0. The van der Waals surface area contributed by atoms with Crippen molar-refractivity contribution in [3.8, 4) is 17.4 Å². The van der Waals surface area contributed by atoms with Gasteiger partial charge in [-0.1, -0.05) is 0 Å². The van der Waals surface area contributed by atoms with Gasteiger partial charge in [0.05, 0.1) is 40.5 Å². The number of hydrogen-bond acceptors (Lipinski definition) is 7. The highest BCUT2D eigenvalue weighted by Gasteiger charge is 2.33. The van der Waals surface area contributed by atoms with E-state index in [1.54, 1.807) is 30.3 Å². The second-order valence-electron chi connectivity index (χ2n) is 8.63. The van der Waals surface area contributed by atoms with Crippen molar-refractivity contribution >= 4 is 17.3 Å². The number of anilines is 2. The van der Waals surface area contributed by atoms with Crippen LogP contribution < -0.4 is 19.1 Å². The average molecular weight is 456 g/mol. The summed E-state index contributed by atoms with van der Waals surface area (Å²) >= 11 is 0. The van der Waals surface area contributed by atoms with Gasteiger partial charge in [-0.3, -0.25) is 4.79 Å². The van der Waals surface area contributed by atoms with Crippen molar-refractivity contribution in [2.75, 3.05) is 51.4 Å². The second kappa shape index (κ2) is 9.47. The Hall–Kier alpha value is -3.00. The fourth-order valence-corrected chi connectivity index (χ4v) is 4.66. The molecule has 3 aliphatic rings. The summed E-state index contributed by atoms with van der Waals surface area (Å²) in [4.78, 5) is 20.7. The fraction of sp³-hybridized carbons (Fsp3) is 0.520. The fourth-order valence-electron chi connectivity index (χ4n) is 4.66. The van der Waals surface area contributed by atoms with E-state index < -0.39 is 6.50 Å². The van der Waals surface area contributed by atoms with Crippen LogP contribution in [0.1, 0.15) is 27.6 Å². The number of hydrogen-bond donors (Lipinski definition) is 0. The lowest BCUT2D eigenvalue weighted by atomic mass is 9.99. The molecule has 2 aromatic rings. The number of amides is 1. The van der Waals surface area contributed by atoms with E-state index in [4.69, 9.17) is 21.7 Å². The zero-order valence-electron chi connectivity index (χ0n) is 21.1. The first-order chi connectivity index (χ1) is 16.9. The van der Waals surface area contributed by atoms with Crippen molar-refractivity contribution in [1.82, 2.24) is 9.88 Å². The number of carbonyl (C=O) groups is 1. The largest absolute Gasteiger partial charge is 0.490 e. The summed E-state index contributed by atoms with van der Waals surface area (Å²) < 4.78 is 39.8. The van der Waals surface area contributed by atoms with Crippen LogP contribution in [0.25, 0.3) is 0 Å². The number of aryl methyl sites for hydroxylation is 1. The highest BCUT2D eigenvalue weighted by Crippen LogP contribution is 2.40. The number of carbonyl (C=O) groups excluding carboxylic acids is 1. The van der Waals surface area contributed by atoms with Gasteiger partial charge in [0.1, 0.15) is 24.2 Å². The third kappa shape index (κ3) is 4.57. The first-order valence-electron chi connectivity index (χ1n) is 12.5. The Morgan fingerprint density at radius 3 is 2.85 bits per heavy atom. The molecular formula is C25H31N3O5. The Morgan fingerprint density at radius 2 is 2.06 bits per heavy atom. The van der Waals surface area contributed by atoms with E-state index in [0.717, 1.165) is 24.8 Å². The number of ether oxygens (including phenoxy) is 4. The van der Waals surface area contributed by atoms with Crippen LogP contribution in [0.3, 0.4) is 0 Å². The standard InChI is InChI=1S/C25H31N3O5/c1-17-13-19(15-26-24(17)30-2)28-9-12-32-23-4-3-20(14-22(23)28)33-21-5-8-27(16-21)25(29)18-6-10-31-11-7-18/h3-4,13-15,18,21H,5-12,16H2,1-2H3/i9D2. The smallest absolute Gasteiger partial charge is 0.225 e. The molecule has 0 aliphatic carbocycles. The number of fused-ring (bicyclic) bond motifs is 1. The highest BCUT2D eigenvalue weighted by atomic mass is 16.5. The van der Waals surface area contributed by atoms with Crippen molar-refractivity contribution in [2.45, 2.75) is 32.3 Å². The normalized spacial score (nSPS) is 23.3. The minimum atomic E-state index is -1.78. The van der Waals surface area contributed by atoms with Gasteiger partial charge >= 0.3 is 0 Å². The number of likely N-dealkylation sites (tertiary alicyclic amines) is 1. The number of aromatic nitrogens is 1. The van der Waals surface area contributed by atoms with E-state index in [0.29, 0.717) is 55.1 Å². The SMILES string of the molecule is [2H]C1([2H])COc2ccc(OC3CCN(C(=O)C4CCOCC4)C3)cc2N1c1cnc(OC)c(C)c1. The molecule has 8 heteroatoms. The summed E-state index contributed by atoms with van der Waals surface area (Å²) in [6, 6.07) is 7.28. The summed E-state index contributed by atoms with van der Waals surface area (Å²) in [6.45, 7) is 2.50.